The summed E-state index contributed by atoms with van der Waals surface area (Å²) in [5.41, 5.74) is 5.95. The number of likely N-dealkylation sites (tertiary alicyclic amines) is 1. The van der Waals surface area contributed by atoms with Crippen molar-refractivity contribution in [1.29, 1.82) is 0 Å². The van der Waals surface area contributed by atoms with Crippen LogP contribution in [0.5, 0.6) is 0 Å². The number of hydrogen-bond acceptors (Lipinski definition) is 3. The predicted octanol–water partition coefficient (Wildman–Crippen LogP) is 0.363. The van der Waals surface area contributed by atoms with Crippen LogP contribution in [0.4, 0.5) is 0 Å². The van der Waals surface area contributed by atoms with Gasteiger partial charge in [0.05, 0.1) is 6.04 Å². The van der Waals surface area contributed by atoms with Crippen LogP contribution in [-0.4, -0.2) is 43.2 Å². The molecule has 0 aliphatic carbocycles. The lowest BCUT2D eigenvalue weighted by Gasteiger charge is -2.33. The zero-order valence-corrected chi connectivity index (χ0v) is 9.37. The van der Waals surface area contributed by atoms with E-state index in [1.807, 2.05) is 4.90 Å². The van der Waals surface area contributed by atoms with Crippen molar-refractivity contribution in [3.8, 4) is 0 Å². The van der Waals surface area contributed by atoms with Gasteiger partial charge in [-0.15, -0.1) is 0 Å². The molecule has 1 spiro atoms. The number of carbonyl (C=O) groups is 1. The van der Waals surface area contributed by atoms with Gasteiger partial charge in [-0.1, -0.05) is 0 Å². The zero-order chi connectivity index (χ0) is 10.9. The second-order valence-electron chi connectivity index (χ2n) is 4.91. The van der Waals surface area contributed by atoms with Gasteiger partial charge in [0.1, 0.15) is 0 Å². The van der Waals surface area contributed by atoms with Crippen molar-refractivity contribution in [2.24, 2.45) is 11.1 Å². The molecule has 0 aromatic carbocycles. The fourth-order valence-electron chi connectivity index (χ4n) is 2.62. The van der Waals surface area contributed by atoms with E-state index in [2.05, 4.69) is 0 Å². The van der Waals surface area contributed by atoms with Crippen LogP contribution >= 0.6 is 0 Å². The molecule has 2 saturated heterocycles. The molecule has 0 bridgehead atoms. The van der Waals surface area contributed by atoms with E-state index in [1.165, 1.54) is 0 Å². The molecule has 1 atom stereocenters. The molecule has 2 aliphatic rings. The Hall–Kier alpha value is -0.610. The number of carbonyl (C=O) groups excluding carboxylic acids is 1. The molecule has 2 fully saturated rings. The van der Waals surface area contributed by atoms with E-state index in [9.17, 15) is 4.79 Å². The lowest BCUT2D eigenvalue weighted by atomic mass is 9.80. The summed E-state index contributed by atoms with van der Waals surface area (Å²) in [6.07, 6.45) is 3.31. The van der Waals surface area contributed by atoms with E-state index in [4.69, 9.17) is 10.5 Å². The summed E-state index contributed by atoms with van der Waals surface area (Å²) in [7, 11) is 0. The molecular formula is C11H20N2O2. The van der Waals surface area contributed by atoms with Gasteiger partial charge in [-0.05, 0) is 31.6 Å². The van der Waals surface area contributed by atoms with Crippen molar-refractivity contribution in [2.75, 3.05) is 26.3 Å². The average molecular weight is 212 g/mol. The minimum absolute atomic E-state index is 0.0957. The molecule has 0 saturated carbocycles. The number of nitrogens with zero attached hydrogens (tertiary/aromatic N) is 1. The van der Waals surface area contributed by atoms with Crippen LogP contribution < -0.4 is 5.73 Å². The lowest BCUT2D eigenvalue weighted by Crippen LogP contribution is -2.42. The topological polar surface area (TPSA) is 55.6 Å². The molecular weight excluding hydrogens is 192 g/mol. The van der Waals surface area contributed by atoms with Crippen LogP contribution in [0.25, 0.3) is 0 Å². The SMILES string of the molecule is C[C@@H](N)C(=O)N1CCC2(CCOCC2)C1. The lowest BCUT2D eigenvalue weighted by molar-refractivity contribution is -0.131. The van der Waals surface area contributed by atoms with Gasteiger partial charge < -0.3 is 15.4 Å². The fraction of sp³-hybridized carbons (Fsp3) is 0.909. The van der Waals surface area contributed by atoms with Crippen LogP contribution in [0.2, 0.25) is 0 Å². The Kier molecular flexibility index (Phi) is 2.98. The van der Waals surface area contributed by atoms with Crippen LogP contribution in [0.15, 0.2) is 0 Å². The highest BCUT2D eigenvalue weighted by Crippen LogP contribution is 2.39. The van der Waals surface area contributed by atoms with Gasteiger partial charge in [0.25, 0.3) is 0 Å². The van der Waals surface area contributed by atoms with Crippen molar-refractivity contribution in [1.82, 2.24) is 4.90 Å². The smallest absolute Gasteiger partial charge is 0.239 e. The number of hydrogen-bond donors (Lipinski definition) is 1. The summed E-state index contributed by atoms with van der Waals surface area (Å²) in [5, 5.41) is 0. The van der Waals surface area contributed by atoms with Crippen molar-refractivity contribution in [3.63, 3.8) is 0 Å². The highest BCUT2D eigenvalue weighted by molar-refractivity contribution is 5.81. The Morgan fingerprint density at radius 2 is 2.07 bits per heavy atom. The molecule has 0 radical (unpaired) electrons. The van der Waals surface area contributed by atoms with Gasteiger partial charge in [-0.25, -0.2) is 0 Å². The normalized spacial score (nSPS) is 26.9. The van der Waals surface area contributed by atoms with Gasteiger partial charge in [-0.3, -0.25) is 4.79 Å². The first-order chi connectivity index (χ1) is 7.13. The maximum absolute atomic E-state index is 11.7. The van der Waals surface area contributed by atoms with Crippen molar-refractivity contribution >= 4 is 5.91 Å². The Labute approximate surface area is 90.8 Å². The molecule has 2 N–H and O–H groups in total. The van der Waals surface area contributed by atoms with E-state index in [0.29, 0.717) is 5.41 Å². The van der Waals surface area contributed by atoms with E-state index in [1.54, 1.807) is 6.92 Å². The minimum Gasteiger partial charge on any atom is -0.381 e. The Morgan fingerprint density at radius 1 is 1.40 bits per heavy atom. The molecule has 4 nitrogen and oxygen atoms in total. The van der Waals surface area contributed by atoms with Crippen LogP contribution in [0.3, 0.4) is 0 Å². The quantitative estimate of drug-likeness (QED) is 0.683. The van der Waals surface area contributed by atoms with Gasteiger partial charge in [0.15, 0.2) is 0 Å². The van der Waals surface area contributed by atoms with Gasteiger partial charge in [0, 0.05) is 26.3 Å². The molecule has 86 valence electrons. The highest BCUT2D eigenvalue weighted by atomic mass is 16.5. The number of nitrogens with two attached hydrogens (primary N) is 1. The van der Waals surface area contributed by atoms with Gasteiger partial charge in [-0.2, -0.15) is 0 Å². The van der Waals surface area contributed by atoms with Crippen LogP contribution in [0.1, 0.15) is 26.2 Å². The Morgan fingerprint density at radius 3 is 2.67 bits per heavy atom. The zero-order valence-electron chi connectivity index (χ0n) is 9.37. The first-order valence-corrected chi connectivity index (χ1v) is 5.75. The molecule has 0 aromatic rings. The van der Waals surface area contributed by atoms with Crippen LogP contribution in [-0.2, 0) is 9.53 Å². The van der Waals surface area contributed by atoms with E-state index in [-0.39, 0.29) is 11.9 Å². The Bertz CT molecular complexity index is 247. The predicted molar refractivity (Wildman–Crippen MR) is 57.3 cm³/mol. The summed E-state index contributed by atoms with van der Waals surface area (Å²) in [6, 6.07) is -0.361. The number of ether oxygens (including phenoxy) is 1. The van der Waals surface area contributed by atoms with Gasteiger partial charge in [0.2, 0.25) is 5.91 Å². The molecule has 0 unspecified atom stereocenters. The summed E-state index contributed by atoms with van der Waals surface area (Å²) in [6.45, 7) is 5.22. The largest absolute Gasteiger partial charge is 0.381 e. The average Bonchev–Trinajstić information content (AvgIpc) is 2.62. The summed E-state index contributed by atoms with van der Waals surface area (Å²) in [5.74, 6) is 0.0957. The summed E-state index contributed by atoms with van der Waals surface area (Å²) < 4.78 is 5.37. The first kappa shape index (κ1) is 10.9. The monoisotopic (exact) mass is 212 g/mol. The standard InChI is InChI=1S/C11H20N2O2/c1-9(12)10(14)13-5-2-11(8-13)3-6-15-7-4-11/h9H,2-8,12H2,1H3/t9-/m1/s1. The van der Waals surface area contributed by atoms with Gasteiger partial charge >= 0.3 is 0 Å². The second kappa shape index (κ2) is 4.10. The van der Waals surface area contributed by atoms with Crippen LogP contribution in [0, 0.1) is 5.41 Å². The second-order valence-corrected chi connectivity index (χ2v) is 4.91. The molecule has 4 heteroatoms. The van der Waals surface area contributed by atoms with E-state index in [0.717, 1.165) is 45.6 Å². The Balaban J connectivity index is 1.96. The third-order valence-corrected chi connectivity index (χ3v) is 3.69. The maximum Gasteiger partial charge on any atom is 0.239 e. The summed E-state index contributed by atoms with van der Waals surface area (Å²) in [4.78, 5) is 13.7. The van der Waals surface area contributed by atoms with Crippen molar-refractivity contribution < 1.29 is 9.53 Å². The fourth-order valence-corrected chi connectivity index (χ4v) is 2.62. The van der Waals surface area contributed by atoms with E-state index < -0.39 is 0 Å². The first-order valence-electron chi connectivity index (χ1n) is 5.75. The van der Waals surface area contributed by atoms with E-state index >= 15 is 0 Å². The van der Waals surface area contributed by atoms with Crippen molar-refractivity contribution in [3.05, 3.63) is 0 Å². The number of amides is 1. The molecule has 0 aromatic heterocycles. The summed E-state index contributed by atoms with van der Waals surface area (Å²) >= 11 is 0. The third-order valence-electron chi connectivity index (χ3n) is 3.69. The maximum atomic E-state index is 11.7. The third kappa shape index (κ3) is 2.16. The number of rotatable bonds is 1. The molecule has 2 heterocycles. The molecule has 2 rings (SSSR count). The molecule has 2 aliphatic heterocycles. The molecule has 15 heavy (non-hydrogen) atoms. The minimum atomic E-state index is -0.361. The van der Waals surface area contributed by atoms with Crippen molar-refractivity contribution in [2.45, 2.75) is 32.2 Å². The molecule has 1 amide bonds. The highest BCUT2D eigenvalue weighted by Gasteiger charge is 2.41.